The molecule has 0 spiro atoms. The van der Waals surface area contributed by atoms with E-state index in [1.54, 1.807) is 13.8 Å². The molecule has 0 heterocycles. The van der Waals surface area contributed by atoms with Crippen molar-refractivity contribution in [2.45, 2.75) is 38.0 Å². The van der Waals surface area contributed by atoms with E-state index >= 15 is 0 Å². The van der Waals surface area contributed by atoms with Crippen LogP contribution in [0.4, 0.5) is 0 Å². The molecule has 1 rings (SSSR count). The van der Waals surface area contributed by atoms with Crippen molar-refractivity contribution in [3.05, 3.63) is 33.4 Å². The Balaban J connectivity index is 0.00000289. The van der Waals surface area contributed by atoms with E-state index in [1.807, 2.05) is 0 Å². The molecule has 0 aromatic rings. The fourth-order valence-electron chi connectivity index (χ4n) is 1.82. The summed E-state index contributed by atoms with van der Waals surface area (Å²) in [5, 5.41) is 11.0. The van der Waals surface area contributed by atoms with Gasteiger partial charge in [-0.1, -0.05) is 6.08 Å². The van der Waals surface area contributed by atoms with Crippen molar-refractivity contribution in [3.8, 4) is 0 Å². The predicted octanol–water partition coefficient (Wildman–Crippen LogP) is -1.43. The van der Waals surface area contributed by atoms with Crippen LogP contribution in [0.25, 0.3) is 0 Å². The third kappa shape index (κ3) is 2.71. The quantitative estimate of drug-likeness (QED) is 0.270. The standard InChI is InChI=1S/C10H15NO4S2.Na/c1-7-6-10(4,17(14,15)16)8(2)5-9(7,3)11(12)13;/h5-6H,1-4H3,(H,14,15,16);/q;+1/p-1. The molecule has 96 valence electrons. The van der Waals surface area contributed by atoms with Gasteiger partial charge in [0.1, 0.15) is 0 Å². The van der Waals surface area contributed by atoms with Crippen molar-refractivity contribution in [1.29, 1.82) is 0 Å². The van der Waals surface area contributed by atoms with E-state index in [-0.39, 0.29) is 29.6 Å². The second-order valence-corrected chi connectivity index (χ2v) is 7.69. The summed E-state index contributed by atoms with van der Waals surface area (Å²) in [6.07, 6.45) is 2.75. The molecule has 0 bridgehead atoms. The zero-order valence-corrected chi connectivity index (χ0v) is 14.7. The summed E-state index contributed by atoms with van der Waals surface area (Å²) in [4.78, 5) is 10.6. The van der Waals surface area contributed by atoms with Crippen LogP contribution in [0.15, 0.2) is 23.3 Å². The molecule has 5 nitrogen and oxygen atoms in total. The SMILES string of the molecule is CC1=CC(C)(S(=O)([O-])=S)C(C)=CC1(C)[N+](=O)[O-].[Na+]. The first-order valence-electron chi connectivity index (χ1n) is 4.95. The molecule has 3 atom stereocenters. The van der Waals surface area contributed by atoms with Crippen molar-refractivity contribution >= 4 is 20.0 Å². The van der Waals surface area contributed by atoms with Gasteiger partial charge in [-0.15, -0.1) is 0 Å². The smallest absolute Gasteiger partial charge is 0.769 e. The van der Waals surface area contributed by atoms with E-state index in [1.165, 1.54) is 26.0 Å². The second-order valence-electron chi connectivity index (χ2n) is 4.62. The largest absolute Gasteiger partial charge is 1.00 e. The van der Waals surface area contributed by atoms with Crippen LogP contribution in [-0.2, 0) is 20.0 Å². The zero-order chi connectivity index (χ0) is 13.6. The van der Waals surface area contributed by atoms with Crippen LogP contribution in [0, 0.1) is 10.1 Å². The monoisotopic (exact) mass is 299 g/mol. The van der Waals surface area contributed by atoms with Crippen molar-refractivity contribution < 1.29 is 43.2 Å². The Morgan fingerprint density at radius 3 is 2.06 bits per heavy atom. The Bertz CT molecular complexity index is 540. The van der Waals surface area contributed by atoms with Crippen molar-refractivity contribution in [2.24, 2.45) is 0 Å². The van der Waals surface area contributed by atoms with Crippen molar-refractivity contribution in [3.63, 3.8) is 0 Å². The van der Waals surface area contributed by atoms with Crippen LogP contribution in [0.5, 0.6) is 0 Å². The number of hydrogen-bond acceptors (Lipinski definition) is 5. The Labute approximate surface area is 134 Å². The molecule has 0 radical (unpaired) electrons. The average molecular weight is 299 g/mol. The fourth-order valence-corrected chi connectivity index (χ4v) is 3.13. The van der Waals surface area contributed by atoms with Crippen LogP contribution >= 0.6 is 0 Å². The molecule has 0 N–H and O–H groups in total. The maximum absolute atomic E-state index is 11.6. The molecule has 8 heteroatoms. The van der Waals surface area contributed by atoms with E-state index in [0.717, 1.165) is 0 Å². The molecule has 1 aliphatic carbocycles. The van der Waals surface area contributed by atoms with Gasteiger partial charge in [0.2, 0.25) is 0 Å². The fraction of sp³-hybridized carbons (Fsp3) is 0.600. The molecular formula is C10H14NNaO4S2. The van der Waals surface area contributed by atoms with Gasteiger partial charge in [0.15, 0.2) is 0 Å². The van der Waals surface area contributed by atoms with Gasteiger partial charge in [0, 0.05) is 17.4 Å². The summed E-state index contributed by atoms with van der Waals surface area (Å²) in [6, 6.07) is 0. The van der Waals surface area contributed by atoms with E-state index in [0.29, 0.717) is 11.1 Å². The third-order valence-corrected chi connectivity index (χ3v) is 5.99. The summed E-state index contributed by atoms with van der Waals surface area (Å²) >= 11 is 4.51. The normalized spacial score (nSPS) is 34.7. The first kappa shape index (κ1) is 18.2. The van der Waals surface area contributed by atoms with E-state index in [9.17, 15) is 18.9 Å². The van der Waals surface area contributed by atoms with Gasteiger partial charge in [-0.25, -0.2) is 0 Å². The minimum absolute atomic E-state index is 0. The molecule has 3 unspecified atom stereocenters. The van der Waals surface area contributed by atoms with Crippen LogP contribution in [0.2, 0.25) is 0 Å². The molecule has 0 saturated carbocycles. The van der Waals surface area contributed by atoms with Crippen molar-refractivity contribution in [2.75, 3.05) is 0 Å². The molecule has 0 amide bonds. The molecule has 0 fully saturated rings. The van der Waals surface area contributed by atoms with Gasteiger partial charge >= 0.3 is 29.6 Å². The van der Waals surface area contributed by atoms with Gasteiger partial charge in [-0.05, 0) is 52.4 Å². The molecule has 0 aromatic carbocycles. The van der Waals surface area contributed by atoms with Crippen LogP contribution < -0.4 is 29.6 Å². The third-order valence-electron chi connectivity index (χ3n) is 3.47. The summed E-state index contributed by atoms with van der Waals surface area (Å²) < 4.78 is 21.9. The number of rotatable bonds is 2. The van der Waals surface area contributed by atoms with Gasteiger partial charge in [0.25, 0.3) is 5.54 Å². The topological polar surface area (TPSA) is 83.3 Å². The summed E-state index contributed by atoms with van der Waals surface area (Å²) in [6.45, 7) is 6.00. The van der Waals surface area contributed by atoms with Crippen molar-refractivity contribution in [1.82, 2.24) is 0 Å². The first-order chi connectivity index (χ1) is 7.45. The maximum atomic E-state index is 11.6. The maximum Gasteiger partial charge on any atom is 1.00 e. The Morgan fingerprint density at radius 1 is 1.28 bits per heavy atom. The van der Waals surface area contributed by atoms with E-state index in [4.69, 9.17) is 0 Å². The Kier molecular flexibility index (Phi) is 5.36. The second kappa shape index (κ2) is 5.30. The number of nitrogens with zero attached hydrogens (tertiary/aromatic N) is 1. The van der Waals surface area contributed by atoms with Gasteiger partial charge < -0.3 is 4.55 Å². The first-order valence-corrected chi connectivity index (χ1v) is 7.36. The van der Waals surface area contributed by atoms with Gasteiger partial charge in [-0.3, -0.25) is 14.3 Å². The van der Waals surface area contributed by atoms with E-state index < -0.39 is 24.0 Å². The minimum atomic E-state index is -3.77. The summed E-state index contributed by atoms with van der Waals surface area (Å²) in [7, 11) is -3.77. The summed E-state index contributed by atoms with van der Waals surface area (Å²) in [5.74, 6) is 0. The Morgan fingerprint density at radius 2 is 1.72 bits per heavy atom. The van der Waals surface area contributed by atoms with Crippen LogP contribution in [0.1, 0.15) is 27.7 Å². The zero-order valence-electron chi connectivity index (χ0n) is 11.1. The number of nitro groups is 1. The molecule has 0 saturated heterocycles. The Hall–Kier alpha value is 0.210. The minimum Gasteiger partial charge on any atom is -0.769 e. The van der Waals surface area contributed by atoms with Crippen LogP contribution in [0.3, 0.4) is 0 Å². The molecular weight excluding hydrogens is 285 g/mol. The molecule has 0 aliphatic heterocycles. The molecule has 1 aliphatic rings. The predicted molar refractivity (Wildman–Crippen MR) is 67.6 cm³/mol. The average Bonchev–Trinajstić information content (AvgIpc) is 2.12. The van der Waals surface area contributed by atoms with Gasteiger partial charge in [0.05, 0.1) is 4.75 Å². The summed E-state index contributed by atoms with van der Waals surface area (Å²) in [5.41, 5.74) is -0.592. The van der Waals surface area contributed by atoms with E-state index in [2.05, 4.69) is 11.2 Å². The molecule has 0 aromatic heterocycles. The molecule has 18 heavy (non-hydrogen) atoms. The van der Waals surface area contributed by atoms with Crippen LogP contribution in [-0.4, -0.2) is 24.0 Å². The van der Waals surface area contributed by atoms with Gasteiger partial charge in [-0.2, -0.15) is 0 Å². The number of hydrogen-bond donors (Lipinski definition) is 0.